The van der Waals surface area contributed by atoms with Gasteiger partial charge in [0.2, 0.25) is 0 Å². The topological polar surface area (TPSA) is 72.8 Å². The summed E-state index contributed by atoms with van der Waals surface area (Å²) in [5.41, 5.74) is 3.88. The van der Waals surface area contributed by atoms with Gasteiger partial charge in [0.05, 0.1) is 0 Å². The highest BCUT2D eigenvalue weighted by Crippen LogP contribution is 2.62. The van der Waals surface area contributed by atoms with Crippen LogP contribution in [0.15, 0.2) is 48.5 Å². The summed E-state index contributed by atoms with van der Waals surface area (Å²) in [6.45, 7) is 5.23. The molecule has 0 spiro atoms. The molecule has 0 heterocycles. The van der Waals surface area contributed by atoms with E-state index in [1.165, 1.54) is 50.2 Å². The normalized spacial score (nSPS) is 26.8. The summed E-state index contributed by atoms with van der Waals surface area (Å²) in [5.74, 6) is 1.75. The van der Waals surface area contributed by atoms with E-state index < -0.39 is 11.6 Å². The van der Waals surface area contributed by atoms with Gasteiger partial charge in [0.15, 0.2) is 6.61 Å². The number of hydrogen-bond donors (Lipinski definition) is 1. The number of aliphatic carboxylic acids is 1. The zero-order valence-corrected chi connectivity index (χ0v) is 21.5. The first-order valence-corrected chi connectivity index (χ1v) is 13.1. The van der Waals surface area contributed by atoms with Crippen molar-refractivity contribution in [1.29, 1.82) is 0 Å². The van der Waals surface area contributed by atoms with E-state index in [1.54, 1.807) is 6.08 Å². The second-order valence-corrected chi connectivity index (χ2v) is 12.1. The van der Waals surface area contributed by atoms with Crippen molar-refractivity contribution in [3.05, 3.63) is 59.7 Å². The van der Waals surface area contributed by atoms with Crippen LogP contribution in [0.25, 0.3) is 17.2 Å². The number of carboxylic acids is 1. The molecule has 5 heteroatoms. The summed E-state index contributed by atoms with van der Waals surface area (Å²) in [7, 11) is 0. The number of hydrogen-bond acceptors (Lipinski definition) is 4. The monoisotopic (exact) mass is 488 g/mol. The van der Waals surface area contributed by atoms with Gasteiger partial charge >= 0.3 is 11.9 Å². The lowest BCUT2D eigenvalue weighted by atomic mass is 9.48. The Morgan fingerprint density at radius 3 is 2.08 bits per heavy atom. The molecule has 0 amide bonds. The smallest absolute Gasteiger partial charge is 0.341 e. The first-order valence-electron chi connectivity index (χ1n) is 13.1. The Morgan fingerprint density at radius 1 is 0.944 bits per heavy atom. The van der Waals surface area contributed by atoms with E-state index in [0.29, 0.717) is 0 Å². The number of ether oxygens (including phenoxy) is 2. The van der Waals surface area contributed by atoms with Gasteiger partial charge in [0.1, 0.15) is 11.4 Å². The Hall–Kier alpha value is -3.08. The SMILES string of the molecule is CC(C)(C)OC(=O)C=Cc1ccc(-c2ccc(OCC(=O)O)c(C34CC5CC(CC(C5)C3)C4)c2)cc1. The van der Waals surface area contributed by atoms with Crippen molar-refractivity contribution in [3.63, 3.8) is 0 Å². The maximum absolute atomic E-state index is 12.0. The molecule has 0 radical (unpaired) electrons. The highest BCUT2D eigenvalue weighted by Gasteiger charge is 2.52. The molecule has 0 atom stereocenters. The van der Waals surface area contributed by atoms with E-state index in [-0.39, 0.29) is 18.0 Å². The van der Waals surface area contributed by atoms with Gasteiger partial charge < -0.3 is 14.6 Å². The van der Waals surface area contributed by atoms with Crippen molar-refractivity contribution in [2.45, 2.75) is 70.3 Å². The molecule has 0 saturated heterocycles. The molecule has 0 aromatic heterocycles. The van der Waals surface area contributed by atoms with Crippen LogP contribution in [0.5, 0.6) is 5.75 Å². The summed E-state index contributed by atoms with van der Waals surface area (Å²) in [6, 6.07) is 14.3. The molecular formula is C31H36O5. The predicted octanol–water partition coefficient (Wildman–Crippen LogP) is 6.64. The molecule has 4 aliphatic rings. The van der Waals surface area contributed by atoms with E-state index >= 15 is 0 Å². The molecule has 0 unspecified atom stereocenters. The van der Waals surface area contributed by atoms with Gasteiger partial charge in [-0.15, -0.1) is 0 Å². The molecule has 190 valence electrons. The van der Waals surface area contributed by atoms with Crippen molar-refractivity contribution in [1.82, 2.24) is 0 Å². The van der Waals surface area contributed by atoms with Crippen LogP contribution in [0.3, 0.4) is 0 Å². The second-order valence-electron chi connectivity index (χ2n) is 12.1. The number of carboxylic acid groups (broad SMARTS) is 1. The summed E-state index contributed by atoms with van der Waals surface area (Å²) < 4.78 is 11.2. The van der Waals surface area contributed by atoms with Gasteiger partial charge in [0, 0.05) is 11.6 Å². The van der Waals surface area contributed by atoms with Gasteiger partial charge in [-0.1, -0.05) is 30.3 Å². The Morgan fingerprint density at radius 2 is 1.53 bits per heavy atom. The molecule has 4 fully saturated rings. The Bertz CT molecular complexity index is 1130. The standard InChI is InChI=1S/C31H36O5/c1-30(2,3)36-29(34)11-6-20-4-7-24(8-5-20)25-9-10-27(35-19-28(32)33)26(15-25)31-16-21-12-22(17-31)14-23(13-21)18-31/h4-11,15,21-23H,12-14,16-19H2,1-3H3,(H,32,33). The number of carbonyl (C=O) groups excluding carboxylic acids is 1. The van der Waals surface area contributed by atoms with E-state index in [2.05, 4.69) is 18.2 Å². The Balaban J connectivity index is 1.42. The van der Waals surface area contributed by atoms with Crippen LogP contribution in [-0.4, -0.2) is 29.3 Å². The van der Waals surface area contributed by atoms with Crippen LogP contribution in [0, 0.1) is 17.8 Å². The molecule has 4 aliphatic carbocycles. The van der Waals surface area contributed by atoms with E-state index in [0.717, 1.165) is 40.2 Å². The fourth-order valence-corrected chi connectivity index (χ4v) is 7.12. The largest absolute Gasteiger partial charge is 0.482 e. The van der Waals surface area contributed by atoms with Gasteiger partial charge in [-0.05, 0) is 117 Å². The number of benzene rings is 2. The number of esters is 1. The van der Waals surface area contributed by atoms with Crippen molar-refractivity contribution >= 4 is 18.0 Å². The third-order valence-corrected chi connectivity index (χ3v) is 8.00. The summed E-state index contributed by atoms with van der Waals surface area (Å²) >= 11 is 0. The molecule has 2 aromatic carbocycles. The molecule has 4 saturated carbocycles. The van der Waals surface area contributed by atoms with Crippen LogP contribution in [0.2, 0.25) is 0 Å². The highest BCUT2D eigenvalue weighted by atomic mass is 16.6. The van der Waals surface area contributed by atoms with Crippen LogP contribution in [0.1, 0.15) is 70.4 Å². The van der Waals surface area contributed by atoms with Gasteiger partial charge in [-0.3, -0.25) is 0 Å². The fraction of sp³-hybridized carbons (Fsp3) is 0.484. The zero-order chi connectivity index (χ0) is 25.5. The quantitative estimate of drug-likeness (QED) is 0.349. The summed E-state index contributed by atoms with van der Waals surface area (Å²) in [6.07, 6.45) is 10.8. The molecule has 4 bridgehead atoms. The Kier molecular flexibility index (Phi) is 6.44. The first kappa shape index (κ1) is 24.6. The minimum Gasteiger partial charge on any atom is -0.482 e. The third-order valence-electron chi connectivity index (χ3n) is 8.00. The fourth-order valence-electron chi connectivity index (χ4n) is 7.12. The van der Waals surface area contributed by atoms with Crippen molar-refractivity contribution < 1.29 is 24.2 Å². The molecule has 6 rings (SSSR count). The maximum atomic E-state index is 12.0. The summed E-state index contributed by atoms with van der Waals surface area (Å²) in [5, 5.41) is 9.23. The molecular weight excluding hydrogens is 452 g/mol. The van der Waals surface area contributed by atoms with E-state index in [1.807, 2.05) is 45.0 Å². The third kappa shape index (κ3) is 5.35. The van der Waals surface area contributed by atoms with E-state index in [4.69, 9.17) is 9.47 Å². The summed E-state index contributed by atoms with van der Waals surface area (Å²) in [4.78, 5) is 23.2. The zero-order valence-electron chi connectivity index (χ0n) is 21.5. The van der Waals surface area contributed by atoms with Gasteiger partial charge in [0.25, 0.3) is 0 Å². The molecule has 2 aromatic rings. The van der Waals surface area contributed by atoms with Crippen molar-refractivity contribution in [3.8, 4) is 16.9 Å². The number of carbonyl (C=O) groups is 2. The average Bonchev–Trinajstić information content (AvgIpc) is 2.80. The Labute approximate surface area is 213 Å². The molecule has 0 aliphatic heterocycles. The molecule has 36 heavy (non-hydrogen) atoms. The minimum absolute atomic E-state index is 0.0920. The van der Waals surface area contributed by atoms with Gasteiger partial charge in [-0.2, -0.15) is 0 Å². The van der Waals surface area contributed by atoms with Crippen LogP contribution in [0.4, 0.5) is 0 Å². The lowest BCUT2D eigenvalue weighted by Gasteiger charge is -2.57. The lowest BCUT2D eigenvalue weighted by molar-refractivity contribution is -0.148. The molecule has 1 N–H and O–H groups in total. The number of rotatable bonds is 7. The van der Waals surface area contributed by atoms with Crippen molar-refractivity contribution in [2.24, 2.45) is 17.8 Å². The van der Waals surface area contributed by atoms with Gasteiger partial charge in [-0.25, -0.2) is 9.59 Å². The first-order chi connectivity index (χ1) is 17.1. The van der Waals surface area contributed by atoms with Crippen LogP contribution in [-0.2, 0) is 19.7 Å². The minimum atomic E-state index is -0.953. The maximum Gasteiger partial charge on any atom is 0.341 e. The predicted molar refractivity (Wildman–Crippen MR) is 140 cm³/mol. The second kappa shape index (κ2) is 9.42. The molecule has 5 nitrogen and oxygen atoms in total. The lowest BCUT2D eigenvalue weighted by Crippen LogP contribution is -2.48. The van der Waals surface area contributed by atoms with Crippen LogP contribution >= 0.6 is 0 Å². The average molecular weight is 489 g/mol. The van der Waals surface area contributed by atoms with E-state index in [9.17, 15) is 14.7 Å². The van der Waals surface area contributed by atoms with Crippen molar-refractivity contribution in [2.75, 3.05) is 6.61 Å². The van der Waals surface area contributed by atoms with Crippen LogP contribution < -0.4 is 4.74 Å². The highest BCUT2D eigenvalue weighted by molar-refractivity contribution is 5.87.